The predicted molar refractivity (Wildman–Crippen MR) is 137 cm³/mol. The first-order chi connectivity index (χ1) is 17.2. The SMILES string of the molecule is O=C(c1cccc(Cc2n[nH]c(=O)c3c2CCCC3)c1)N(Cc1ccccc1)Cc1ccccc1. The minimum atomic E-state index is -0.0650. The van der Waals surface area contributed by atoms with Gasteiger partial charge in [0, 0.05) is 30.6 Å². The van der Waals surface area contributed by atoms with Crippen LogP contribution in [-0.2, 0) is 32.4 Å². The summed E-state index contributed by atoms with van der Waals surface area (Å²) in [5.74, 6) is -0.00369. The maximum absolute atomic E-state index is 13.7. The van der Waals surface area contributed by atoms with Crippen LogP contribution in [0.3, 0.4) is 0 Å². The van der Waals surface area contributed by atoms with E-state index in [1.54, 1.807) is 0 Å². The van der Waals surface area contributed by atoms with Crippen molar-refractivity contribution >= 4 is 5.91 Å². The average molecular weight is 464 g/mol. The van der Waals surface area contributed by atoms with Gasteiger partial charge in [0.2, 0.25) is 0 Å². The fourth-order valence-electron chi connectivity index (χ4n) is 4.87. The molecule has 35 heavy (non-hydrogen) atoms. The summed E-state index contributed by atoms with van der Waals surface area (Å²) in [6.07, 6.45) is 4.42. The Morgan fingerprint density at radius 1 is 0.771 bits per heavy atom. The van der Waals surface area contributed by atoms with Gasteiger partial charge in [-0.15, -0.1) is 0 Å². The van der Waals surface area contributed by atoms with Gasteiger partial charge in [0.25, 0.3) is 11.5 Å². The fraction of sp³-hybridized carbons (Fsp3) is 0.233. The molecule has 0 saturated heterocycles. The summed E-state index contributed by atoms with van der Waals surface area (Å²) >= 11 is 0. The largest absolute Gasteiger partial charge is 0.330 e. The highest BCUT2D eigenvalue weighted by Gasteiger charge is 2.20. The maximum Gasteiger partial charge on any atom is 0.267 e. The van der Waals surface area contributed by atoms with E-state index in [1.165, 1.54) is 0 Å². The molecule has 0 spiro atoms. The third-order valence-electron chi connectivity index (χ3n) is 6.65. The smallest absolute Gasteiger partial charge is 0.267 e. The van der Waals surface area contributed by atoms with E-state index in [2.05, 4.69) is 10.2 Å². The number of amides is 1. The van der Waals surface area contributed by atoms with Gasteiger partial charge < -0.3 is 4.90 Å². The Kier molecular flexibility index (Phi) is 6.85. The number of hydrogen-bond acceptors (Lipinski definition) is 3. The molecule has 176 valence electrons. The van der Waals surface area contributed by atoms with E-state index in [9.17, 15) is 9.59 Å². The first kappa shape index (κ1) is 22.8. The second-order valence-corrected chi connectivity index (χ2v) is 9.17. The lowest BCUT2D eigenvalue weighted by molar-refractivity contribution is 0.0730. The molecule has 1 aliphatic rings. The van der Waals surface area contributed by atoms with E-state index in [-0.39, 0.29) is 11.5 Å². The molecule has 3 aromatic carbocycles. The number of aromatic amines is 1. The van der Waals surface area contributed by atoms with Crippen molar-refractivity contribution in [2.45, 2.75) is 45.2 Å². The highest BCUT2D eigenvalue weighted by atomic mass is 16.2. The average Bonchev–Trinajstić information content (AvgIpc) is 2.91. The molecule has 0 atom stereocenters. The molecule has 0 radical (unpaired) electrons. The summed E-state index contributed by atoms with van der Waals surface area (Å²) in [6, 6.07) is 28.0. The number of fused-ring (bicyclic) bond motifs is 1. The first-order valence-electron chi connectivity index (χ1n) is 12.2. The quantitative estimate of drug-likeness (QED) is 0.416. The Morgan fingerprint density at radius 2 is 1.37 bits per heavy atom. The van der Waals surface area contributed by atoms with Crippen LogP contribution < -0.4 is 5.56 Å². The van der Waals surface area contributed by atoms with E-state index in [1.807, 2.05) is 89.8 Å². The number of benzene rings is 3. The van der Waals surface area contributed by atoms with Crippen LogP contribution in [-0.4, -0.2) is 21.0 Å². The molecule has 1 amide bonds. The van der Waals surface area contributed by atoms with Gasteiger partial charge in [-0.3, -0.25) is 9.59 Å². The highest BCUT2D eigenvalue weighted by Crippen LogP contribution is 2.23. The molecule has 1 aromatic heterocycles. The van der Waals surface area contributed by atoms with Gasteiger partial charge in [0.1, 0.15) is 0 Å². The molecule has 1 aliphatic carbocycles. The summed E-state index contributed by atoms with van der Waals surface area (Å²) in [6.45, 7) is 1.07. The zero-order valence-corrected chi connectivity index (χ0v) is 19.7. The predicted octanol–water partition coefficient (Wildman–Crippen LogP) is 5.08. The van der Waals surface area contributed by atoms with Crippen molar-refractivity contribution in [3.05, 3.63) is 134 Å². The van der Waals surface area contributed by atoms with Crippen LogP contribution in [0.5, 0.6) is 0 Å². The van der Waals surface area contributed by atoms with Crippen molar-refractivity contribution < 1.29 is 4.79 Å². The summed E-state index contributed by atoms with van der Waals surface area (Å²) in [4.78, 5) is 27.8. The van der Waals surface area contributed by atoms with Crippen LogP contribution in [0.1, 0.15) is 56.7 Å². The molecular weight excluding hydrogens is 434 g/mol. The standard InChI is InChI=1S/C30H29N3O2/c34-29-27-17-8-7-16-26(27)28(31-32-29)19-24-14-9-15-25(18-24)30(35)33(20-22-10-3-1-4-11-22)21-23-12-5-2-6-13-23/h1-6,9-15,18H,7-8,16-17,19-21H2,(H,32,34). The molecule has 1 N–H and O–H groups in total. The molecule has 0 aliphatic heterocycles. The topological polar surface area (TPSA) is 66.1 Å². The summed E-state index contributed by atoms with van der Waals surface area (Å²) in [7, 11) is 0. The third kappa shape index (κ3) is 5.40. The number of nitrogens with one attached hydrogen (secondary N) is 1. The fourth-order valence-corrected chi connectivity index (χ4v) is 4.87. The van der Waals surface area contributed by atoms with Crippen LogP contribution in [0.4, 0.5) is 0 Å². The Balaban J connectivity index is 1.41. The van der Waals surface area contributed by atoms with Gasteiger partial charge in [-0.2, -0.15) is 5.10 Å². The molecule has 5 rings (SSSR count). The molecule has 5 nitrogen and oxygen atoms in total. The zero-order valence-electron chi connectivity index (χ0n) is 19.7. The third-order valence-corrected chi connectivity index (χ3v) is 6.65. The number of H-pyrrole nitrogens is 1. The molecular formula is C30H29N3O2. The van der Waals surface area contributed by atoms with Crippen LogP contribution in [0.15, 0.2) is 89.7 Å². The number of rotatable bonds is 7. The van der Waals surface area contributed by atoms with Gasteiger partial charge in [0.15, 0.2) is 0 Å². The second-order valence-electron chi connectivity index (χ2n) is 9.17. The molecule has 4 aromatic rings. The number of nitrogens with zero attached hydrogens (tertiary/aromatic N) is 2. The second kappa shape index (κ2) is 10.5. The normalized spacial score (nSPS) is 12.7. The molecule has 1 heterocycles. The maximum atomic E-state index is 13.7. The van der Waals surface area contributed by atoms with Gasteiger partial charge >= 0.3 is 0 Å². The number of carbonyl (C=O) groups excluding carboxylic acids is 1. The number of carbonyl (C=O) groups is 1. The molecule has 0 fully saturated rings. The van der Waals surface area contributed by atoms with E-state index >= 15 is 0 Å². The number of aromatic nitrogens is 2. The van der Waals surface area contributed by atoms with Crippen molar-refractivity contribution in [3.63, 3.8) is 0 Å². The van der Waals surface area contributed by atoms with Gasteiger partial charge in [-0.05, 0) is 60.1 Å². The van der Waals surface area contributed by atoms with Crippen LogP contribution in [0.2, 0.25) is 0 Å². The number of hydrogen-bond donors (Lipinski definition) is 1. The van der Waals surface area contributed by atoms with Gasteiger partial charge in [-0.25, -0.2) is 5.10 Å². The monoisotopic (exact) mass is 463 g/mol. The molecule has 5 heteroatoms. The molecule has 0 bridgehead atoms. The minimum absolute atomic E-state index is 0.00369. The lowest BCUT2D eigenvalue weighted by Crippen LogP contribution is -2.30. The van der Waals surface area contributed by atoms with E-state index < -0.39 is 0 Å². The Bertz CT molecular complexity index is 1320. The van der Waals surface area contributed by atoms with Crippen molar-refractivity contribution in [1.82, 2.24) is 15.1 Å². The molecule has 0 saturated carbocycles. The first-order valence-corrected chi connectivity index (χ1v) is 12.2. The summed E-state index contributed by atoms with van der Waals surface area (Å²) < 4.78 is 0. The van der Waals surface area contributed by atoms with Gasteiger partial charge in [0.05, 0.1) is 5.69 Å². The van der Waals surface area contributed by atoms with Crippen LogP contribution in [0.25, 0.3) is 0 Å². The van der Waals surface area contributed by atoms with E-state index in [0.29, 0.717) is 25.1 Å². The van der Waals surface area contributed by atoms with Gasteiger partial charge in [-0.1, -0.05) is 72.8 Å². The highest BCUT2D eigenvalue weighted by molar-refractivity contribution is 5.94. The van der Waals surface area contributed by atoms with E-state index in [4.69, 9.17) is 0 Å². The van der Waals surface area contributed by atoms with Crippen molar-refractivity contribution in [2.24, 2.45) is 0 Å². The van der Waals surface area contributed by atoms with Crippen LogP contribution >= 0.6 is 0 Å². The lowest BCUT2D eigenvalue weighted by Gasteiger charge is -2.23. The lowest BCUT2D eigenvalue weighted by atomic mass is 9.90. The summed E-state index contributed by atoms with van der Waals surface area (Å²) in [5, 5.41) is 7.05. The Labute approximate surface area is 205 Å². The zero-order chi connectivity index (χ0) is 24.0. The molecule has 0 unspecified atom stereocenters. The van der Waals surface area contributed by atoms with Crippen molar-refractivity contribution in [3.8, 4) is 0 Å². The van der Waals surface area contributed by atoms with Crippen molar-refractivity contribution in [1.29, 1.82) is 0 Å². The summed E-state index contributed by atoms with van der Waals surface area (Å²) in [5.41, 5.74) is 6.68. The van der Waals surface area contributed by atoms with Crippen LogP contribution in [0, 0.1) is 0 Å². The Morgan fingerprint density at radius 3 is 2.03 bits per heavy atom. The minimum Gasteiger partial charge on any atom is -0.330 e. The Hall–Kier alpha value is -3.99. The van der Waals surface area contributed by atoms with Crippen molar-refractivity contribution in [2.75, 3.05) is 0 Å². The van der Waals surface area contributed by atoms with E-state index in [0.717, 1.165) is 59.2 Å².